The van der Waals surface area contributed by atoms with Gasteiger partial charge in [-0.25, -0.2) is 4.98 Å². The average molecular weight is 271 g/mol. The molecule has 0 atom stereocenters. The van der Waals surface area contributed by atoms with Crippen LogP contribution in [-0.4, -0.2) is 24.2 Å². The van der Waals surface area contributed by atoms with Crippen LogP contribution in [0.1, 0.15) is 16.7 Å². The standard InChI is InChI=1S/C16H21N3O/c1-11-7-13(8-12(2)16(11)20)9-17-14-5-6-15(18-10-14)19(3)4/h5-8,10,17,20H,9H2,1-4H3. The Hall–Kier alpha value is -2.23. The Morgan fingerprint density at radius 3 is 2.30 bits per heavy atom. The fourth-order valence-corrected chi connectivity index (χ4v) is 2.11. The lowest BCUT2D eigenvalue weighted by Gasteiger charge is -2.13. The van der Waals surface area contributed by atoms with Gasteiger partial charge in [0.05, 0.1) is 11.9 Å². The van der Waals surface area contributed by atoms with Crippen molar-refractivity contribution in [2.75, 3.05) is 24.3 Å². The third-order valence-electron chi connectivity index (χ3n) is 3.25. The molecular formula is C16H21N3O. The normalized spacial score (nSPS) is 10.4. The number of pyridine rings is 1. The number of aryl methyl sites for hydroxylation is 2. The molecule has 0 aliphatic heterocycles. The first kappa shape index (κ1) is 14.2. The highest BCUT2D eigenvalue weighted by Gasteiger charge is 2.03. The van der Waals surface area contributed by atoms with E-state index < -0.39 is 0 Å². The van der Waals surface area contributed by atoms with Gasteiger partial charge in [0.25, 0.3) is 0 Å². The third kappa shape index (κ3) is 3.20. The number of benzene rings is 1. The van der Waals surface area contributed by atoms with E-state index in [2.05, 4.69) is 10.3 Å². The van der Waals surface area contributed by atoms with E-state index in [0.717, 1.165) is 28.2 Å². The zero-order valence-electron chi connectivity index (χ0n) is 12.4. The molecule has 0 bridgehead atoms. The van der Waals surface area contributed by atoms with E-state index in [1.165, 1.54) is 0 Å². The first-order chi connectivity index (χ1) is 9.47. The second-order valence-corrected chi connectivity index (χ2v) is 5.23. The molecule has 20 heavy (non-hydrogen) atoms. The predicted molar refractivity (Wildman–Crippen MR) is 83.5 cm³/mol. The van der Waals surface area contributed by atoms with Gasteiger partial charge in [-0.1, -0.05) is 12.1 Å². The highest BCUT2D eigenvalue weighted by Crippen LogP contribution is 2.23. The van der Waals surface area contributed by atoms with Crippen LogP contribution in [-0.2, 0) is 6.54 Å². The number of anilines is 2. The molecule has 0 amide bonds. The van der Waals surface area contributed by atoms with Gasteiger partial charge in [0, 0.05) is 20.6 Å². The second-order valence-electron chi connectivity index (χ2n) is 5.23. The van der Waals surface area contributed by atoms with Gasteiger partial charge in [-0.3, -0.25) is 0 Å². The Morgan fingerprint density at radius 2 is 1.80 bits per heavy atom. The van der Waals surface area contributed by atoms with Gasteiger partial charge in [0.15, 0.2) is 0 Å². The number of aromatic nitrogens is 1. The van der Waals surface area contributed by atoms with E-state index in [1.807, 2.05) is 63.3 Å². The summed E-state index contributed by atoms with van der Waals surface area (Å²) >= 11 is 0. The van der Waals surface area contributed by atoms with Crippen LogP contribution < -0.4 is 10.2 Å². The fourth-order valence-electron chi connectivity index (χ4n) is 2.11. The van der Waals surface area contributed by atoms with Gasteiger partial charge in [-0.2, -0.15) is 0 Å². The zero-order valence-corrected chi connectivity index (χ0v) is 12.4. The summed E-state index contributed by atoms with van der Waals surface area (Å²) in [5.41, 5.74) is 3.94. The Labute approximate surface area is 120 Å². The molecule has 2 N–H and O–H groups in total. The Kier molecular flexibility index (Phi) is 4.13. The van der Waals surface area contributed by atoms with Crippen molar-refractivity contribution in [2.24, 2.45) is 0 Å². The number of hydrogen-bond donors (Lipinski definition) is 2. The zero-order chi connectivity index (χ0) is 14.7. The molecule has 1 aromatic heterocycles. The van der Waals surface area contributed by atoms with Gasteiger partial charge >= 0.3 is 0 Å². The summed E-state index contributed by atoms with van der Waals surface area (Å²) in [6.45, 7) is 4.55. The van der Waals surface area contributed by atoms with Crippen molar-refractivity contribution in [3.63, 3.8) is 0 Å². The minimum atomic E-state index is 0.380. The molecule has 0 radical (unpaired) electrons. The van der Waals surface area contributed by atoms with Gasteiger partial charge < -0.3 is 15.3 Å². The maximum Gasteiger partial charge on any atom is 0.128 e. The number of hydrogen-bond acceptors (Lipinski definition) is 4. The molecule has 4 heteroatoms. The van der Waals surface area contributed by atoms with E-state index in [1.54, 1.807) is 0 Å². The van der Waals surface area contributed by atoms with Crippen LogP contribution in [0, 0.1) is 13.8 Å². The van der Waals surface area contributed by atoms with E-state index in [9.17, 15) is 5.11 Å². The van der Waals surface area contributed by atoms with Crippen molar-refractivity contribution >= 4 is 11.5 Å². The summed E-state index contributed by atoms with van der Waals surface area (Å²) in [7, 11) is 3.94. The molecule has 0 spiro atoms. The van der Waals surface area contributed by atoms with E-state index in [0.29, 0.717) is 12.3 Å². The smallest absolute Gasteiger partial charge is 0.128 e. The quantitative estimate of drug-likeness (QED) is 0.897. The predicted octanol–water partition coefficient (Wildman–Crippen LogP) is 3.08. The third-order valence-corrected chi connectivity index (χ3v) is 3.25. The van der Waals surface area contributed by atoms with Crippen molar-refractivity contribution in [3.8, 4) is 5.75 Å². The summed E-state index contributed by atoms with van der Waals surface area (Å²) < 4.78 is 0. The van der Waals surface area contributed by atoms with Crippen LogP contribution in [0.2, 0.25) is 0 Å². The minimum absolute atomic E-state index is 0.380. The van der Waals surface area contributed by atoms with Crippen LogP contribution in [0.15, 0.2) is 30.5 Å². The Balaban J connectivity index is 2.05. The van der Waals surface area contributed by atoms with Crippen molar-refractivity contribution in [1.82, 2.24) is 4.98 Å². The van der Waals surface area contributed by atoms with Crippen LogP contribution in [0.5, 0.6) is 5.75 Å². The van der Waals surface area contributed by atoms with Crippen LogP contribution >= 0.6 is 0 Å². The summed E-state index contributed by atoms with van der Waals surface area (Å²) in [5, 5.41) is 13.1. The first-order valence-electron chi connectivity index (χ1n) is 6.63. The van der Waals surface area contributed by atoms with Gasteiger partial charge in [0.2, 0.25) is 0 Å². The number of phenols is 1. The highest BCUT2D eigenvalue weighted by molar-refractivity contribution is 5.49. The Bertz CT molecular complexity index is 568. The van der Waals surface area contributed by atoms with Crippen LogP contribution in [0.25, 0.3) is 0 Å². The monoisotopic (exact) mass is 271 g/mol. The van der Waals surface area contributed by atoms with Crippen molar-refractivity contribution < 1.29 is 5.11 Å². The fraction of sp³-hybridized carbons (Fsp3) is 0.312. The number of nitrogens with zero attached hydrogens (tertiary/aromatic N) is 2. The van der Waals surface area contributed by atoms with E-state index in [4.69, 9.17) is 0 Å². The largest absolute Gasteiger partial charge is 0.507 e. The average Bonchev–Trinajstić information content (AvgIpc) is 2.42. The Morgan fingerprint density at radius 1 is 1.15 bits per heavy atom. The van der Waals surface area contributed by atoms with Crippen LogP contribution in [0.4, 0.5) is 11.5 Å². The van der Waals surface area contributed by atoms with E-state index in [-0.39, 0.29) is 0 Å². The van der Waals surface area contributed by atoms with Crippen molar-refractivity contribution in [1.29, 1.82) is 0 Å². The molecule has 4 nitrogen and oxygen atoms in total. The molecule has 2 rings (SSSR count). The molecule has 0 aliphatic rings. The summed E-state index contributed by atoms with van der Waals surface area (Å²) in [4.78, 5) is 6.33. The lowest BCUT2D eigenvalue weighted by Crippen LogP contribution is -2.10. The lowest BCUT2D eigenvalue weighted by atomic mass is 10.1. The molecule has 1 aromatic carbocycles. The number of phenolic OH excluding ortho intramolecular Hbond substituents is 1. The maximum absolute atomic E-state index is 9.76. The maximum atomic E-state index is 9.76. The lowest BCUT2D eigenvalue weighted by molar-refractivity contribution is 0.466. The SMILES string of the molecule is Cc1cc(CNc2ccc(N(C)C)nc2)cc(C)c1O. The summed E-state index contributed by atoms with van der Waals surface area (Å²) in [6, 6.07) is 7.99. The number of nitrogens with one attached hydrogen (secondary N) is 1. The molecule has 0 aliphatic carbocycles. The summed E-state index contributed by atoms with van der Waals surface area (Å²) in [5.74, 6) is 1.32. The molecule has 0 saturated heterocycles. The molecule has 0 unspecified atom stereocenters. The number of aromatic hydroxyl groups is 1. The first-order valence-corrected chi connectivity index (χ1v) is 6.63. The van der Waals surface area contributed by atoms with Gasteiger partial charge in [-0.05, 0) is 42.7 Å². The topological polar surface area (TPSA) is 48.4 Å². The molecule has 106 valence electrons. The van der Waals surface area contributed by atoms with Crippen molar-refractivity contribution in [3.05, 3.63) is 47.2 Å². The van der Waals surface area contributed by atoms with Crippen LogP contribution in [0.3, 0.4) is 0 Å². The second kappa shape index (κ2) is 5.82. The van der Waals surface area contributed by atoms with Gasteiger partial charge in [-0.15, -0.1) is 0 Å². The van der Waals surface area contributed by atoms with Crippen molar-refractivity contribution in [2.45, 2.75) is 20.4 Å². The molecule has 0 fully saturated rings. The number of rotatable bonds is 4. The van der Waals surface area contributed by atoms with E-state index >= 15 is 0 Å². The van der Waals surface area contributed by atoms with Gasteiger partial charge in [0.1, 0.15) is 11.6 Å². The molecular weight excluding hydrogens is 250 g/mol. The summed E-state index contributed by atoms with van der Waals surface area (Å²) in [6.07, 6.45) is 1.83. The molecule has 2 aromatic rings. The minimum Gasteiger partial charge on any atom is -0.507 e. The molecule has 1 heterocycles. The molecule has 0 saturated carbocycles. The highest BCUT2D eigenvalue weighted by atomic mass is 16.3.